The van der Waals surface area contributed by atoms with Crippen LogP contribution in [0.4, 0.5) is 0 Å². The molecule has 24 heavy (non-hydrogen) atoms. The predicted molar refractivity (Wildman–Crippen MR) is 94.6 cm³/mol. The van der Waals surface area contributed by atoms with Crippen LogP contribution >= 0.6 is 0 Å². The first-order valence-corrected chi connectivity index (χ1v) is 9.40. The van der Waals surface area contributed by atoms with Gasteiger partial charge in [-0.25, -0.2) is 18.4 Å². The van der Waals surface area contributed by atoms with Gasteiger partial charge < -0.3 is 4.57 Å². The second kappa shape index (κ2) is 5.90. The summed E-state index contributed by atoms with van der Waals surface area (Å²) in [6.07, 6.45) is 7.35. The Morgan fingerprint density at radius 1 is 1.29 bits per heavy atom. The van der Waals surface area contributed by atoms with Crippen LogP contribution in [0, 0.1) is 6.92 Å². The van der Waals surface area contributed by atoms with Crippen LogP contribution in [0.2, 0.25) is 0 Å². The fourth-order valence-corrected chi connectivity index (χ4v) is 3.83. The SMILES string of the molecule is C/C=C\c1cnc(-c2nc3ccc(C)cn3c2S(=O)(=O)CC)n1C. The van der Waals surface area contributed by atoms with E-state index >= 15 is 0 Å². The number of nitrogens with zero attached hydrogens (tertiary/aromatic N) is 4. The number of hydrogen-bond donors (Lipinski definition) is 0. The monoisotopic (exact) mass is 344 g/mol. The molecule has 0 saturated carbocycles. The van der Waals surface area contributed by atoms with Crippen molar-refractivity contribution < 1.29 is 8.42 Å². The normalized spacial score (nSPS) is 12.5. The quantitative estimate of drug-likeness (QED) is 0.730. The molecule has 0 aliphatic rings. The zero-order chi connectivity index (χ0) is 17.5. The molecule has 0 aromatic carbocycles. The number of pyridine rings is 1. The highest BCUT2D eigenvalue weighted by molar-refractivity contribution is 7.91. The lowest BCUT2D eigenvalue weighted by atomic mass is 10.3. The van der Waals surface area contributed by atoms with E-state index in [0.717, 1.165) is 11.3 Å². The molecule has 3 rings (SSSR count). The van der Waals surface area contributed by atoms with Gasteiger partial charge >= 0.3 is 0 Å². The summed E-state index contributed by atoms with van der Waals surface area (Å²) in [5, 5.41) is 0.199. The molecule has 0 amide bonds. The standard InChI is InChI=1S/C17H20N4O2S/c1-5-7-13-10-18-16(20(13)4)15-17(24(22,23)6-2)21-11-12(3)8-9-14(21)19-15/h5,7-11H,6H2,1-4H3/b7-5-. The van der Waals surface area contributed by atoms with Gasteiger partial charge in [-0.2, -0.15) is 0 Å². The smallest absolute Gasteiger partial charge is 0.196 e. The number of fused-ring (bicyclic) bond motifs is 1. The highest BCUT2D eigenvalue weighted by atomic mass is 32.2. The zero-order valence-electron chi connectivity index (χ0n) is 14.2. The molecule has 0 N–H and O–H groups in total. The number of imidazole rings is 2. The molecule has 0 aliphatic carbocycles. The molecule has 3 heterocycles. The minimum absolute atomic E-state index is 0.00782. The third kappa shape index (κ3) is 2.54. The van der Waals surface area contributed by atoms with E-state index < -0.39 is 9.84 Å². The minimum atomic E-state index is -3.47. The predicted octanol–water partition coefficient (Wildman–Crippen LogP) is 2.87. The van der Waals surface area contributed by atoms with Crippen LogP contribution in [0.25, 0.3) is 23.2 Å². The van der Waals surface area contributed by atoms with E-state index in [1.165, 1.54) is 0 Å². The van der Waals surface area contributed by atoms with Gasteiger partial charge in [-0.3, -0.25) is 4.40 Å². The molecule has 3 aromatic rings. The molecule has 7 heteroatoms. The lowest BCUT2D eigenvalue weighted by Crippen LogP contribution is -2.10. The fourth-order valence-electron chi connectivity index (χ4n) is 2.68. The van der Waals surface area contributed by atoms with Crippen LogP contribution in [0.5, 0.6) is 0 Å². The van der Waals surface area contributed by atoms with Crippen molar-refractivity contribution in [3.05, 3.63) is 41.9 Å². The minimum Gasteiger partial charge on any atom is -0.326 e. The van der Waals surface area contributed by atoms with Crippen LogP contribution in [-0.4, -0.2) is 33.1 Å². The Hall–Kier alpha value is -2.41. The summed E-state index contributed by atoms with van der Waals surface area (Å²) >= 11 is 0. The van der Waals surface area contributed by atoms with Gasteiger partial charge in [-0.15, -0.1) is 0 Å². The molecule has 0 bridgehead atoms. The summed E-state index contributed by atoms with van der Waals surface area (Å²) in [7, 11) is -1.61. The molecular formula is C17H20N4O2S. The van der Waals surface area contributed by atoms with Crippen molar-refractivity contribution in [3.8, 4) is 11.5 Å². The third-order valence-electron chi connectivity index (χ3n) is 3.97. The Bertz CT molecular complexity index is 1040. The Balaban J connectivity index is 2.38. The van der Waals surface area contributed by atoms with Gasteiger partial charge in [-0.05, 0) is 31.6 Å². The first-order valence-electron chi connectivity index (χ1n) is 7.75. The lowest BCUT2D eigenvalue weighted by Gasteiger charge is -2.06. The maximum absolute atomic E-state index is 12.7. The Labute approximate surface area is 141 Å². The maximum Gasteiger partial charge on any atom is 0.196 e. The first kappa shape index (κ1) is 16.4. The highest BCUT2D eigenvalue weighted by Gasteiger charge is 2.27. The van der Waals surface area contributed by atoms with E-state index in [-0.39, 0.29) is 10.8 Å². The van der Waals surface area contributed by atoms with Crippen molar-refractivity contribution in [2.75, 3.05) is 5.75 Å². The van der Waals surface area contributed by atoms with Crippen LogP contribution in [0.3, 0.4) is 0 Å². The van der Waals surface area contributed by atoms with Crippen molar-refractivity contribution in [3.63, 3.8) is 0 Å². The van der Waals surface area contributed by atoms with Crippen molar-refractivity contribution in [1.82, 2.24) is 18.9 Å². The van der Waals surface area contributed by atoms with E-state index in [1.807, 2.05) is 49.7 Å². The van der Waals surface area contributed by atoms with Crippen molar-refractivity contribution in [2.45, 2.75) is 25.8 Å². The number of rotatable bonds is 4. The molecule has 0 unspecified atom stereocenters. The average Bonchev–Trinajstić information content (AvgIpc) is 3.09. The molecular weight excluding hydrogens is 324 g/mol. The van der Waals surface area contributed by atoms with Crippen molar-refractivity contribution in [2.24, 2.45) is 7.05 Å². The summed E-state index contributed by atoms with van der Waals surface area (Å²) in [5.74, 6) is 0.546. The van der Waals surface area contributed by atoms with E-state index in [0.29, 0.717) is 17.2 Å². The second-order valence-corrected chi connectivity index (χ2v) is 7.86. The summed E-state index contributed by atoms with van der Waals surface area (Å²) in [6.45, 7) is 5.48. The zero-order valence-corrected chi connectivity index (χ0v) is 15.0. The van der Waals surface area contributed by atoms with Crippen LogP contribution in [0.15, 0.2) is 35.6 Å². The molecule has 0 fully saturated rings. The lowest BCUT2D eigenvalue weighted by molar-refractivity contribution is 0.592. The van der Waals surface area contributed by atoms with Gasteiger partial charge in [0.25, 0.3) is 0 Å². The third-order valence-corrected chi connectivity index (χ3v) is 5.71. The van der Waals surface area contributed by atoms with Crippen LogP contribution in [-0.2, 0) is 16.9 Å². The van der Waals surface area contributed by atoms with Crippen LogP contribution in [0.1, 0.15) is 25.1 Å². The van der Waals surface area contributed by atoms with Gasteiger partial charge in [-0.1, -0.05) is 19.1 Å². The highest BCUT2D eigenvalue weighted by Crippen LogP contribution is 2.29. The number of hydrogen-bond acceptors (Lipinski definition) is 4. The Kier molecular flexibility index (Phi) is 4.04. The van der Waals surface area contributed by atoms with Crippen molar-refractivity contribution >= 4 is 21.6 Å². The number of sulfone groups is 1. The second-order valence-electron chi connectivity index (χ2n) is 5.67. The molecule has 3 aromatic heterocycles. The molecule has 0 aliphatic heterocycles. The molecule has 0 spiro atoms. The van der Waals surface area contributed by atoms with Gasteiger partial charge in [0.2, 0.25) is 0 Å². The summed E-state index contributed by atoms with van der Waals surface area (Å²) in [5.41, 5.74) is 2.84. The molecule has 126 valence electrons. The van der Waals surface area contributed by atoms with E-state index in [1.54, 1.807) is 23.7 Å². The topological polar surface area (TPSA) is 69.3 Å². The molecule has 6 nitrogen and oxygen atoms in total. The Morgan fingerprint density at radius 3 is 2.71 bits per heavy atom. The summed E-state index contributed by atoms with van der Waals surface area (Å²) in [6, 6.07) is 3.74. The summed E-state index contributed by atoms with van der Waals surface area (Å²) in [4.78, 5) is 8.95. The number of aryl methyl sites for hydroxylation is 1. The van der Waals surface area contributed by atoms with Crippen molar-refractivity contribution in [1.29, 1.82) is 0 Å². The largest absolute Gasteiger partial charge is 0.326 e. The number of aromatic nitrogens is 4. The van der Waals surface area contributed by atoms with Gasteiger partial charge in [0.15, 0.2) is 20.7 Å². The van der Waals surface area contributed by atoms with Gasteiger partial charge in [0.05, 0.1) is 17.6 Å². The van der Waals surface area contributed by atoms with Gasteiger partial charge in [0.1, 0.15) is 11.3 Å². The van der Waals surface area contributed by atoms with E-state index in [2.05, 4.69) is 9.97 Å². The maximum atomic E-state index is 12.7. The fraction of sp³-hybridized carbons (Fsp3) is 0.294. The molecule has 0 atom stereocenters. The Morgan fingerprint density at radius 2 is 2.04 bits per heavy atom. The summed E-state index contributed by atoms with van der Waals surface area (Å²) < 4.78 is 28.9. The van der Waals surface area contributed by atoms with E-state index in [9.17, 15) is 8.42 Å². The number of allylic oxidation sites excluding steroid dienone is 1. The molecule has 0 radical (unpaired) electrons. The van der Waals surface area contributed by atoms with Crippen LogP contribution < -0.4 is 0 Å². The van der Waals surface area contributed by atoms with Gasteiger partial charge in [0, 0.05) is 13.2 Å². The molecule has 0 saturated heterocycles. The first-order chi connectivity index (χ1) is 11.4. The average molecular weight is 344 g/mol. The van der Waals surface area contributed by atoms with E-state index in [4.69, 9.17) is 0 Å².